The predicted octanol–water partition coefficient (Wildman–Crippen LogP) is 3.82. The number of rotatable bonds is 10. The van der Waals surface area contributed by atoms with Gasteiger partial charge in [-0.05, 0) is 50.1 Å². The van der Waals surface area contributed by atoms with E-state index in [0.717, 1.165) is 10.6 Å². The van der Waals surface area contributed by atoms with Crippen LogP contribution in [-0.2, 0) is 26.2 Å². The van der Waals surface area contributed by atoms with Crippen LogP contribution in [0.15, 0.2) is 36.4 Å². The van der Waals surface area contributed by atoms with Crippen LogP contribution in [0.1, 0.15) is 32.8 Å². The first-order chi connectivity index (χ1) is 16.9. The molecule has 0 spiro atoms. The van der Waals surface area contributed by atoms with Gasteiger partial charge in [-0.25, -0.2) is 8.42 Å². The summed E-state index contributed by atoms with van der Waals surface area (Å²) in [6, 6.07) is 8.56. The lowest BCUT2D eigenvalue weighted by Gasteiger charge is -2.33. The summed E-state index contributed by atoms with van der Waals surface area (Å²) in [5.41, 5.74) is 0.881. The maximum Gasteiger partial charge on any atom is 0.244 e. The van der Waals surface area contributed by atoms with Crippen LogP contribution >= 0.6 is 23.2 Å². The number of sulfonamides is 1. The van der Waals surface area contributed by atoms with Crippen LogP contribution in [0.4, 0.5) is 5.69 Å². The van der Waals surface area contributed by atoms with Gasteiger partial charge in [0, 0.05) is 18.7 Å². The summed E-state index contributed by atoms with van der Waals surface area (Å²) >= 11 is 12.2. The quantitative estimate of drug-likeness (QED) is 0.476. The van der Waals surface area contributed by atoms with Gasteiger partial charge >= 0.3 is 0 Å². The number of hydrogen-bond acceptors (Lipinski definition) is 6. The number of ether oxygens (including phenoxy) is 2. The number of anilines is 1. The van der Waals surface area contributed by atoms with Crippen molar-refractivity contribution in [2.75, 3.05) is 23.9 Å². The number of hydrogen-bond donors (Lipinski definition) is 1. The van der Waals surface area contributed by atoms with E-state index in [1.54, 1.807) is 31.2 Å². The highest BCUT2D eigenvalue weighted by Crippen LogP contribution is 2.36. The van der Waals surface area contributed by atoms with E-state index in [2.05, 4.69) is 5.32 Å². The Labute approximate surface area is 221 Å². The molecule has 0 saturated heterocycles. The second-order valence-electron chi connectivity index (χ2n) is 8.66. The molecule has 0 saturated carbocycles. The highest BCUT2D eigenvalue weighted by molar-refractivity contribution is 7.92. The number of amides is 2. The number of carbonyl (C=O) groups is 2. The van der Waals surface area contributed by atoms with E-state index in [9.17, 15) is 18.0 Å². The minimum Gasteiger partial charge on any atom is -0.454 e. The molecule has 196 valence electrons. The molecule has 9 nitrogen and oxygen atoms in total. The van der Waals surface area contributed by atoms with Gasteiger partial charge in [0.05, 0.1) is 22.0 Å². The van der Waals surface area contributed by atoms with Crippen LogP contribution in [0.2, 0.25) is 10.0 Å². The van der Waals surface area contributed by atoms with E-state index in [0.29, 0.717) is 33.5 Å². The molecule has 2 amide bonds. The molecule has 0 radical (unpaired) electrons. The third kappa shape index (κ3) is 6.74. The number of carbonyl (C=O) groups excluding carboxylic acids is 2. The standard InChI is InChI=1S/C24H29Cl2N3O6S/c1-5-20(24(31)27-15(2)3)28(12-16-6-8-18(25)19(26)10-16)23(30)13-29(36(4,32)33)17-7-9-21-22(11-17)35-14-34-21/h6-11,15,20H,5,12-14H2,1-4H3,(H,27,31)/t20-/m1/s1. The first-order valence-electron chi connectivity index (χ1n) is 11.3. The van der Waals surface area contributed by atoms with Crippen molar-refractivity contribution in [3.63, 3.8) is 0 Å². The first kappa shape index (κ1) is 27.9. The first-order valence-corrected chi connectivity index (χ1v) is 13.9. The molecule has 2 aromatic rings. The maximum atomic E-state index is 13.7. The zero-order chi connectivity index (χ0) is 26.6. The molecule has 0 aromatic heterocycles. The fourth-order valence-corrected chi connectivity index (χ4v) is 4.95. The summed E-state index contributed by atoms with van der Waals surface area (Å²) in [6.45, 7) is 4.95. The second kappa shape index (κ2) is 11.6. The Morgan fingerprint density at radius 2 is 1.75 bits per heavy atom. The van der Waals surface area contributed by atoms with Gasteiger partial charge in [0.25, 0.3) is 0 Å². The van der Waals surface area contributed by atoms with Gasteiger partial charge in [0.15, 0.2) is 11.5 Å². The van der Waals surface area contributed by atoms with Gasteiger partial charge in [0.2, 0.25) is 28.6 Å². The molecule has 0 aliphatic carbocycles. The van der Waals surface area contributed by atoms with E-state index in [1.165, 1.54) is 17.0 Å². The van der Waals surface area contributed by atoms with Gasteiger partial charge in [-0.15, -0.1) is 0 Å². The summed E-state index contributed by atoms with van der Waals surface area (Å²) < 4.78 is 37.1. The van der Waals surface area contributed by atoms with E-state index in [-0.39, 0.29) is 31.0 Å². The van der Waals surface area contributed by atoms with Gasteiger partial charge in [-0.3, -0.25) is 13.9 Å². The number of benzene rings is 2. The van der Waals surface area contributed by atoms with Gasteiger partial charge in [-0.1, -0.05) is 36.2 Å². The lowest BCUT2D eigenvalue weighted by atomic mass is 10.1. The molecule has 1 heterocycles. The Bertz CT molecular complexity index is 1240. The van der Waals surface area contributed by atoms with Crippen molar-refractivity contribution in [3.05, 3.63) is 52.0 Å². The van der Waals surface area contributed by atoms with E-state index in [1.807, 2.05) is 13.8 Å². The normalized spacial score (nSPS) is 13.4. The maximum absolute atomic E-state index is 13.7. The lowest BCUT2D eigenvalue weighted by molar-refractivity contribution is -0.140. The van der Waals surface area contributed by atoms with Crippen LogP contribution in [0, 0.1) is 0 Å². The van der Waals surface area contributed by atoms with Gasteiger partial charge in [0.1, 0.15) is 12.6 Å². The Morgan fingerprint density at radius 3 is 2.36 bits per heavy atom. The molecule has 1 N–H and O–H groups in total. The average molecular weight is 558 g/mol. The van der Waals surface area contributed by atoms with Crippen molar-refractivity contribution in [1.29, 1.82) is 0 Å². The van der Waals surface area contributed by atoms with Gasteiger partial charge in [-0.2, -0.15) is 0 Å². The summed E-state index contributed by atoms with van der Waals surface area (Å²) in [6.07, 6.45) is 1.32. The Hall–Kier alpha value is -2.69. The predicted molar refractivity (Wildman–Crippen MR) is 139 cm³/mol. The molecule has 12 heteroatoms. The molecule has 3 rings (SSSR count). The van der Waals surface area contributed by atoms with E-state index < -0.39 is 28.5 Å². The summed E-state index contributed by atoms with van der Waals surface area (Å²) in [4.78, 5) is 28.1. The molecule has 1 aliphatic heterocycles. The third-order valence-electron chi connectivity index (χ3n) is 5.48. The second-order valence-corrected chi connectivity index (χ2v) is 11.4. The number of nitrogens with zero attached hydrogens (tertiary/aromatic N) is 2. The van der Waals surface area contributed by atoms with Gasteiger partial charge < -0.3 is 19.7 Å². The van der Waals surface area contributed by atoms with Crippen molar-refractivity contribution in [1.82, 2.24) is 10.2 Å². The van der Waals surface area contributed by atoms with Crippen LogP contribution in [0.3, 0.4) is 0 Å². The van der Waals surface area contributed by atoms with Crippen molar-refractivity contribution in [2.45, 2.75) is 45.8 Å². The monoisotopic (exact) mass is 557 g/mol. The summed E-state index contributed by atoms with van der Waals surface area (Å²) in [5.74, 6) is -0.0370. The largest absolute Gasteiger partial charge is 0.454 e. The molecule has 0 bridgehead atoms. The molecule has 1 atom stereocenters. The lowest BCUT2D eigenvalue weighted by Crippen LogP contribution is -2.53. The van der Waals surface area contributed by atoms with Crippen molar-refractivity contribution in [2.24, 2.45) is 0 Å². The Balaban J connectivity index is 1.96. The number of halogens is 2. The zero-order valence-electron chi connectivity index (χ0n) is 20.5. The highest BCUT2D eigenvalue weighted by Gasteiger charge is 2.32. The van der Waals surface area contributed by atoms with Crippen molar-refractivity contribution in [3.8, 4) is 11.5 Å². The van der Waals surface area contributed by atoms with E-state index in [4.69, 9.17) is 32.7 Å². The fraction of sp³-hybridized carbons (Fsp3) is 0.417. The van der Waals surface area contributed by atoms with Crippen LogP contribution in [0.5, 0.6) is 11.5 Å². The fourth-order valence-electron chi connectivity index (χ4n) is 3.79. The summed E-state index contributed by atoms with van der Waals surface area (Å²) in [5, 5.41) is 3.50. The topological polar surface area (TPSA) is 105 Å². The van der Waals surface area contributed by atoms with E-state index >= 15 is 0 Å². The molecule has 0 fully saturated rings. The molecular formula is C24H29Cl2N3O6S. The molecule has 0 unspecified atom stereocenters. The van der Waals surface area contributed by atoms with Crippen LogP contribution in [-0.4, -0.2) is 56.8 Å². The average Bonchev–Trinajstić information content (AvgIpc) is 3.26. The Kier molecular flexibility index (Phi) is 8.97. The molecule has 2 aromatic carbocycles. The number of fused-ring (bicyclic) bond motifs is 1. The Morgan fingerprint density at radius 1 is 1.06 bits per heavy atom. The third-order valence-corrected chi connectivity index (χ3v) is 7.36. The minimum atomic E-state index is -3.87. The minimum absolute atomic E-state index is 0.0250. The molecule has 1 aliphatic rings. The van der Waals surface area contributed by atoms with Crippen molar-refractivity contribution < 1.29 is 27.5 Å². The smallest absolute Gasteiger partial charge is 0.244 e. The van der Waals surface area contributed by atoms with Crippen LogP contribution in [0.25, 0.3) is 0 Å². The van der Waals surface area contributed by atoms with Crippen LogP contribution < -0.4 is 19.1 Å². The number of nitrogens with one attached hydrogen (secondary N) is 1. The highest BCUT2D eigenvalue weighted by atomic mass is 35.5. The SMILES string of the molecule is CC[C@H](C(=O)NC(C)C)N(Cc1ccc(Cl)c(Cl)c1)C(=O)CN(c1ccc2c(c1)OCO2)S(C)(=O)=O. The van der Waals surface area contributed by atoms with Crippen molar-refractivity contribution >= 4 is 50.7 Å². The molecule has 36 heavy (non-hydrogen) atoms. The molecular weight excluding hydrogens is 529 g/mol. The zero-order valence-corrected chi connectivity index (χ0v) is 22.8. The summed E-state index contributed by atoms with van der Waals surface area (Å²) in [7, 11) is -3.87.